The first-order valence-corrected chi connectivity index (χ1v) is 8.40. The molecule has 6 heteroatoms. The lowest BCUT2D eigenvalue weighted by Gasteiger charge is -2.15. The zero-order chi connectivity index (χ0) is 16.9. The van der Waals surface area contributed by atoms with E-state index in [4.69, 9.17) is 0 Å². The minimum Gasteiger partial charge on any atom is -0.284 e. The Labute approximate surface area is 144 Å². The first-order valence-electron chi connectivity index (χ1n) is 7.52. The third-order valence-corrected chi connectivity index (χ3v) is 4.60. The van der Waals surface area contributed by atoms with Crippen LogP contribution in [0.25, 0.3) is 0 Å². The molecule has 3 rings (SSSR count). The maximum Gasteiger partial charge on any atom is 0.242 e. The minimum absolute atomic E-state index is 0.0158. The Morgan fingerprint density at radius 3 is 2.58 bits per heavy atom. The van der Waals surface area contributed by atoms with Gasteiger partial charge in [0.25, 0.3) is 0 Å². The van der Waals surface area contributed by atoms with Crippen molar-refractivity contribution < 1.29 is 9.18 Å². The van der Waals surface area contributed by atoms with Gasteiger partial charge in [0, 0.05) is 0 Å². The van der Waals surface area contributed by atoms with E-state index >= 15 is 0 Å². The van der Waals surface area contributed by atoms with E-state index in [9.17, 15) is 9.18 Å². The predicted molar refractivity (Wildman–Crippen MR) is 95.5 cm³/mol. The highest BCUT2D eigenvalue weighted by atomic mass is 32.2. The highest BCUT2D eigenvalue weighted by Crippen LogP contribution is 2.28. The monoisotopic (exact) mass is 341 g/mol. The third-order valence-electron chi connectivity index (χ3n) is 3.53. The molecule has 0 bridgehead atoms. The SMILES string of the molecule is CC1S/C(=N/N=C/c2ccccc2)N(Cc2ccc(F)cc2)C1=O. The number of carbonyl (C=O) groups excluding carboxylic acids is 1. The molecular weight excluding hydrogens is 325 g/mol. The molecule has 1 heterocycles. The third kappa shape index (κ3) is 3.89. The topological polar surface area (TPSA) is 45.0 Å². The van der Waals surface area contributed by atoms with Gasteiger partial charge in [0.15, 0.2) is 5.17 Å². The molecule has 24 heavy (non-hydrogen) atoms. The molecular formula is C18H16FN3OS. The minimum atomic E-state index is -0.296. The number of benzene rings is 2. The molecule has 4 nitrogen and oxygen atoms in total. The predicted octanol–water partition coefficient (Wildman–Crippen LogP) is 3.68. The van der Waals surface area contributed by atoms with Gasteiger partial charge in [-0.15, -0.1) is 5.10 Å². The van der Waals surface area contributed by atoms with Crippen LogP contribution >= 0.6 is 11.8 Å². The summed E-state index contributed by atoms with van der Waals surface area (Å²) in [4.78, 5) is 13.9. The number of carbonyl (C=O) groups is 1. The number of nitrogens with zero attached hydrogens (tertiary/aromatic N) is 3. The molecule has 0 aliphatic carbocycles. The van der Waals surface area contributed by atoms with Crippen molar-refractivity contribution in [2.45, 2.75) is 18.7 Å². The molecule has 122 valence electrons. The number of halogens is 1. The molecule has 2 aromatic rings. The van der Waals surface area contributed by atoms with Crippen molar-refractivity contribution in [1.82, 2.24) is 4.90 Å². The van der Waals surface area contributed by atoms with Crippen LogP contribution in [0.3, 0.4) is 0 Å². The number of amidine groups is 1. The second-order valence-electron chi connectivity index (χ2n) is 5.35. The first-order chi connectivity index (χ1) is 11.6. The van der Waals surface area contributed by atoms with Crippen molar-refractivity contribution in [1.29, 1.82) is 0 Å². The zero-order valence-electron chi connectivity index (χ0n) is 13.1. The molecule has 0 spiro atoms. The summed E-state index contributed by atoms with van der Waals surface area (Å²) < 4.78 is 13.0. The van der Waals surface area contributed by atoms with Crippen molar-refractivity contribution in [3.63, 3.8) is 0 Å². The van der Waals surface area contributed by atoms with Crippen LogP contribution in [-0.4, -0.2) is 27.4 Å². The summed E-state index contributed by atoms with van der Waals surface area (Å²) in [5.41, 5.74) is 1.79. The summed E-state index contributed by atoms with van der Waals surface area (Å²) in [5, 5.41) is 8.64. The fourth-order valence-electron chi connectivity index (χ4n) is 2.27. The zero-order valence-corrected chi connectivity index (χ0v) is 13.9. The average molecular weight is 341 g/mol. The molecule has 1 atom stereocenters. The second kappa shape index (κ2) is 7.40. The summed E-state index contributed by atoms with van der Waals surface area (Å²) in [6.45, 7) is 2.20. The van der Waals surface area contributed by atoms with E-state index in [0.29, 0.717) is 11.7 Å². The molecule has 1 fully saturated rings. The Bertz CT molecular complexity index is 775. The van der Waals surface area contributed by atoms with Gasteiger partial charge in [-0.05, 0) is 30.2 Å². The fraction of sp³-hybridized carbons (Fsp3) is 0.167. The van der Waals surface area contributed by atoms with Crippen molar-refractivity contribution in [3.8, 4) is 0 Å². The smallest absolute Gasteiger partial charge is 0.242 e. The molecule has 1 saturated heterocycles. The van der Waals surface area contributed by atoms with Crippen LogP contribution in [0.5, 0.6) is 0 Å². The van der Waals surface area contributed by atoms with E-state index in [1.165, 1.54) is 23.9 Å². The highest BCUT2D eigenvalue weighted by molar-refractivity contribution is 8.15. The molecule has 0 radical (unpaired) electrons. The Balaban J connectivity index is 1.77. The summed E-state index contributed by atoms with van der Waals surface area (Å²) in [6, 6.07) is 15.7. The standard InChI is InChI=1S/C18H16FN3OS/c1-13-17(23)22(12-15-7-9-16(19)10-8-15)18(24-13)21-20-11-14-5-3-2-4-6-14/h2-11,13H,12H2,1H3/b20-11+,21-18+. The Morgan fingerprint density at radius 2 is 1.88 bits per heavy atom. The van der Waals surface area contributed by atoms with Crippen molar-refractivity contribution in [3.05, 3.63) is 71.5 Å². The summed E-state index contributed by atoms with van der Waals surface area (Å²) in [6.07, 6.45) is 1.65. The van der Waals surface area contributed by atoms with Gasteiger partial charge < -0.3 is 0 Å². The molecule has 1 aliphatic heterocycles. The lowest BCUT2D eigenvalue weighted by Crippen LogP contribution is -2.30. The molecule has 1 amide bonds. The van der Waals surface area contributed by atoms with Crippen molar-refractivity contribution in [2.75, 3.05) is 0 Å². The van der Waals surface area contributed by atoms with Gasteiger partial charge in [0.1, 0.15) is 5.82 Å². The van der Waals surface area contributed by atoms with Gasteiger partial charge in [0.2, 0.25) is 5.91 Å². The number of rotatable bonds is 4. The van der Waals surface area contributed by atoms with Crippen LogP contribution in [-0.2, 0) is 11.3 Å². The van der Waals surface area contributed by atoms with E-state index in [1.54, 1.807) is 23.2 Å². The van der Waals surface area contributed by atoms with Gasteiger partial charge in [0.05, 0.1) is 18.0 Å². The number of amides is 1. The summed E-state index contributed by atoms with van der Waals surface area (Å²) >= 11 is 1.38. The van der Waals surface area contributed by atoms with E-state index in [-0.39, 0.29) is 17.0 Å². The van der Waals surface area contributed by atoms with Crippen LogP contribution in [0.4, 0.5) is 4.39 Å². The van der Waals surface area contributed by atoms with Crippen molar-refractivity contribution in [2.24, 2.45) is 10.2 Å². The molecule has 1 aliphatic rings. The molecule has 1 unspecified atom stereocenters. The number of hydrogen-bond acceptors (Lipinski definition) is 4. The van der Waals surface area contributed by atoms with Gasteiger partial charge in [-0.3, -0.25) is 9.69 Å². The Kier molecular flexibility index (Phi) is 5.05. The quantitative estimate of drug-likeness (QED) is 0.629. The lowest BCUT2D eigenvalue weighted by molar-refractivity contribution is -0.126. The maximum atomic E-state index is 13.0. The van der Waals surface area contributed by atoms with Crippen LogP contribution in [0, 0.1) is 5.82 Å². The summed E-state index contributed by atoms with van der Waals surface area (Å²) in [7, 11) is 0. The number of thioether (sulfide) groups is 1. The van der Waals surface area contributed by atoms with Crippen LogP contribution in [0.15, 0.2) is 64.8 Å². The molecule has 0 N–H and O–H groups in total. The summed E-state index contributed by atoms with van der Waals surface area (Å²) in [5.74, 6) is -0.312. The van der Waals surface area contributed by atoms with Crippen LogP contribution in [0.1, 0.15) is 18.1 Å². The fourth-order valence-corrected chi connectivity index (χ4v) is 3.19. The van der Waals surface area contributed by atoms with Crippen LogP contribution < -0.4 is 0 Å². The Hall–Kier alpha value is -2.47. The lowest BCUT2D eigenvalue weighted by atomic mass is 10.2. The van der Waals surface area contributed by atoms with E-state index in [0.717, 1.165) is 11.1 Å². The average Bonchev–Trinajstić information content (AvgIpc) is 2.86. The highest BCUT2D eigenvalue weighted by Gasteiger charge is 2.35. The largest absolute Gasteiger partial charge is 0.284 e. The second-order valence-corrected chi connectivity index (χ2v) is 6.66. The number of hydrogen-bond donors (Lipinski definition) is 0. The Morgan fingerprint density at radius 1 is 1.17 bits per heavy atom. The van der Waals surface area contributed by atoms with Gasteiger partial charge in [-0.25, -0.2) is 4.39 Å². The van der Waals surface area contributed by atoms with Gasteiger partial charge in [-0.1, -0.05) is 54.2 Å². The van der Waals surface area contributed by atoms with E-state index < -0.39 is 0 Å². The van der Waals surface area contributed by atoms with E-state index in [1.807, 2.05) is 37.3 Å². The molecule has 0 aromatic heterocycles. The van der Waals surface area contributed by atoms with E-state index in [2.05, 4.69) is 10.2 Å². The van der Waals surface area contributed by atoms with Gasteiger partial charge >= 0.3 is 0 Å². The maximum absolute atomic E-state index is 13.0. The molecule has 2 aromatic carbocycles. The van der Waals surface area contributed by atoms with Crippen molar-refractivity contribution >= 4 is 29.1 Å². The first kappa shape index (κ1) is 16.4. The molecule has 0 saturated carbocycles. The van der Waals surface area contributed by atoms with Gasteiger partial charge in [-0.2, -0.15) is 5.10 Å². The normalized spacial score (nSPS) is 19.6. The van der Waals surface area contributed by atoms with Crippen LogP contribution in [0.2, 0.25) is 0 Å².